The van der Waals surface area contributed by atoms with Gasteiger partial charge in [-0.3, -0.25) is 0 Å². The van der Waals surface area contributed by atoms with Crippen LogP contribution in [0.5, 0.6) is 0 Å². The molecule has 0 aromatic heterocycles. The van der Waals surface area contributed by atoms with E-state index in [1.165, 1.54) is 9.87 Å². The van der Waals surface area contributed by atoms with Crippen LogP contribution >= 0.6 is 0 Å². The third-order valence-corrected chi connectivity index (χ3v) is 5.50. The SMILES string of the molecule is CN(CCCCCO)S(=O)(=O)c1ccc2c(c1)CNC2. The first kappa shape index (κ1) is 15.4. The molecule has 2 rings (SSSR count). The maximum atomic E-state index is 12.5. The number of nitrogens with zero attached hydrogens (tertiary/aromatic N) is 1. The van der Waals surface area contributed by atoms with Crippen molar-refractivity contribution in [3.8, 4) is 0 Å². The van der Waals surface area contributed by atoms with E-state index in [9.17, 15) is 8.42 Å². The van der Waals surface area contributed by atoms with Crippen molar-refractivity contribution in [2.45, 2.75) is 37.2 Å². The third kappa shape index (κ3) is 3.38. The molecule has 0 fully saturated rings. The topological polar surface area (TPSA) is 69.6 Å². The lowest BCUT2D eigenvalue weighted by molar-refractivity contribution is 0.281. The highest BCUT2D eigenvalue weighted by Crippen LogP contribution is 2.22. The van der Waals surface area contributed by atoms with Gasteiger partial charge in [0, 0.05) is 33.3 Å². The molecule has 0 saturated heterocycles. The van der Waals surface area contributed by atoms with E-state index >= 15 is 0 Å². The molecule has 1 aromatic carbocycles. The zero-order valence-electron chi connectivity index (χ0n) is 11.8. The second-order valence-electron chi connectivity index (χ2n) is 5.14. The number of benzene rings is 1. The molecule has 0 amide bonds. The fourth-order valence-corrected chi connectivity index (χ4v) is 3.62. The fraction of sp³-hybridized carbons (Fsp3) is 0.571. The van der Waals surface area contributed by atoms with Gasteiger partial charge in [-0.05, 0) is 42.5 Å². The number of hydrogen-bond acceptors (Lipinski definition) is 4. The zero-order chi connectivity index (χ0) is 14.6. The number of fused-ring (bicyclic) bond motifs is 1. The van der Waals surface area contributed by atoms with Gasteiger partial charge in [-0.15, -0.1) is 0 Å². The Morgan fingerprint density at radius 1 is 1.20 bits per heavy atom. The van der Waals surface area contributed by atoms with Gasteiger partial charge in [-0.2, -0.15) is 0 Å². The van der Waals surface area contributed by atoms with E-state index in [1.54, 1.807) is 19.2 Å². The second-order valence-corrected chi connectivity index (χ2v) is 7.19. The van der Waals surface area contributed by atoms with Crippen LogP contribution in [0, 0.1) is 0 Å². The van der Waals surface area contributed by atoms with Gasteiger partial charge in [0.05, 0.1) is 4.90 Å². The van der Waals surface area contributed by atoms with E-state index in [2.05, 4.69) is 5.32 Å². The number of aliphatic hydroxyl groups excluding tert-OH is 1. The molecule has 6 heteroatoms. The van der Waals surface area contributed by atoms with E-state index in [1.807, 2.05) is 6.07 Å². The summed E-state index contributed by atoms with van der Waals surface area (Å²) < 4.78 is 26.3. The number of rotatable bonds is 7. The Morgan fingerprint density at radius 2 is 1.95 bits per heavy atom. The van der Waals surface area contributed by atoms with Crippen LogP contribution in [0.4, 0.5) is 0 Å². The van der Waals surface area contributed by atoms with Crippen LogP contribution in [-0.2, 0) is 23.1 Å². The highest BCUT2D eigenvalue weighted by atomic mass is 32.2. The van der Waals surface area contributed by atoms with Crippen molar-refractivity contribution in [3.05, 3.63) is 29.3 Å². The van der Waals surface area contributed by atoms with Gasteiger partial charge in [-0.1, -0.05) is 6.07 Å². The maximum Gasteiger partial charge on any atom is 0.242 e. The van der Waals surface area contributed by atoms with E-state index < -0.39 is 10.0 Å². The number of hydrogen-bond donors (Lipinski definition) is 2. The number of aliphatic hydroxyl groups is 1. The molecule has 0 bridgehead atoms. The summed E-state index contributed by atoms with van der Waals surface area (Å²) >= 11 is 0. The minimum absolute atomic E-state index is 0.161. The highest BCUT2D eigenvalue weighted by Gasteiger charge is 2.22. The first-order chi connectivity index (χ1) is 9.55. The highest BCUT2D eigenvalue weighted by molar-refractivity contribution is 7.89. The molecule has 1 heterocycles. The molecule has 0 unspecified atom stereocenters. The van der Waals surface area contributed by atoms with Gasteiger partial charge < -0.3 is 10.4 Å². The van der Waals surface area contributed by atoms with E-state index in [0.29, 0.717) is 11.4 Å². The Morgan fingerprint density at radius 3 is 2.70 bits per heavy atom. The Balaban J connectivity index is 2.05. The van der Waals surface area contributed by atoms with Crippen molar-refractivity contribution < 1.29 is 13.5 Å². The van der Waals surface area contributed by atoms with Crippen LogP contribution in [0.2, 0.25) is 0 Å². The first-order valence-electron chi connectivity index (χ1n) is 6.95. The molecule has 1 aromatic rings. The summed E-state index contributed by atoms with van der Waals surface area (Å²) in [5.41, 5.74) is 2.24. The predicted octanol–water partition coefficient (Wildman–Crippen LogP) is 1.07. The molecule has 112 valence electrons. The summed E-state index contributed by atoms with van der Waals surface area (Å²) in [6.07, 6.45) is 2.33. The molecular weight excluding hydrogens is 276 g/mol. The van der Waals surface area contributed by atoms with E-state index in [-0.39, 0.29) is 6.61 Å². The molecule has 0 saturated carbocycles. The lowest BCUT2D eigenvalue weighted by atomic mass is 10.1. The fourth-order valence-electron chi connectivity index (χ4n) is 2.35. The molecule has 5 nitrogen and oxygen atoms in total. The summed E-state index contributed by atoms with van der Waals surface area (Å²) in [6.45, 7) is 2.19. The van der Waals surface area contributed by atoms with E-state index in [0.717, 1.165) is 37.9 Å². The molecule has 0 radical (unpaired) electrons. The van der Waals surface area contributed by atoms with Gasteiger partial charge in [0.1, 0.15) is 0 Å². The number of nitrogens with one attached hydrogen (secondary N) is 1. The summed E-state index contributed by atoms with van der Waals surface area (Å²) in [6, 6.07) is 5.35. The Hall–Kier alpha value is -0.950. The lowest BCUT2D eigenvalue weighted by Gasteiger charge is -2.17. The van der Waals surface area contributed by atoms with Crippen LogP contribution in [-0.4, -0.2) is 38.0 Å². The van der Waals surface area contributed by atoms with Crippen molar-refractivity contribution in [3.63, 3.8) is 0 Å². The molecule has 1 aliphatic rings. The van der Waals surface area contributed by atoms with Crippen LogP contribution in [0.25, 0.3) is 0 Å². The van der Waals surface area contributed by atoms with Crippen molar-refractivity contribution in [2.75, 3.05) is 20.2 Å². The van der Waals surface area contributed by atoms with Gasteiger partial charge in [0.25, 0.3) is 0 Å². The quantitative estimate of drug-likeness (QED) is 0.739. The molecule has 0 spiro atoms. The third-order valence-electron chi connectivity index (χ3n) is 3.65. The van der Waals surface area contributed by atoms with Crippen molar-refractivity contribution >= 4 is 10.0 Å². The molecule has 2 N–H and O–H groups in total. The molecule has 1 aliphatic heterocycles. The van der Waals surface area contributed by atoms with Crippen molar-refractivity contribution in [2.24, 2.45) is 0 Å². The van der Waals surface area contributed by atoms with Gasteiger partial charge in [0.2, 0.25) is 10.0 Å². The lowest BCUT2D eigenvalue weighted by Crippen LogP contribution is -2.28. The summed E-state index contributed by atoms with van der Waals surface area (Å²) in [5.74, 6) is 0. The molecule has 20 heavy (non-hydrogen) atoms. The summed E-state index contributed by atoms with van der Waals surface area (Å²) in [5, 5.41) is 11.9. The molecular formula is C14H22N2O3S. The smallest absolute Gasteiger partial charge is 0.242 e. The Bertz CT molecular complexity index is 558. The Labute approximate surface area is 120 Å². The summed E-state index contributed by atoms with van der Waals surface area (Å²) in [7, 11) is -1.79. The van der Waals surface area contributed by atoms with E-state index in [4.69, 9.17) is 5.11 Å². The minimum Gasteiger partial charge on any atom is -0.396 e. The van der Waals surface area contributed by atoms with Crippen LogP contribution in [0.3, 0.4) is 0 Å². The van der Waals surface area contributed by atoms with Crippen LogP contribution in [0.1, 0.15) is 30.4 Å². The zero-order valence-corrected chi connectivity index (χ0v) is 12.6. The molecule has 0 aliphatic carbocycles. The largest absolute Gasteiger partial charge is 0.396 e. The van der Waals surface area contributed by atoms with Crippen molar-refractivity contribution in [1.82, 2.24) is 9.62 Å². The number of sulfonamides is 1. The van der Waals surface area contributed by atoms with Crippen molar-refractivity contribution in [1.29, 1.82) is 0 Å². The van der Waals surface area contributed by atoms with Gasteiger partial charge >= 0.3 is 0 Å². The van der Waals surface area contributed by atoms with Gasteiger partial charge in [0.15, 0.2) is 0 Å². The first-order valence-corrected chi connectivity index (χ1v) is 8.39. The summed E-state index contributed by atoms with van der Waals surface area (Å²) in [4.78, 5) is 0.365. The minimum atomic E-state index is -3.40. The molecule has 0 atom stereocenters. The average Bonchev–Trinajstić information content (AvgIpc) is 2.90. The normalized spacial score (nSPS) is 14.8. The number of unbranched alkanes of at least 4 members (excludes halogenated alkanes) is 2. The second kappa shape index (κ2) is 6.67. The maximum absolute atomic E-state index is 12.5. The monoisotopic (exact) mass is 298 g/mol. The van der Waals surface area contributed by atoms with Crippen LogP contribution in [0.15, 0.2) is 23.1 Å². The Kier molecular flexibility index (Phi) is 5.15. The average molecular weight is 298 g/mol. The van der Waals surface area contributed by atoms with Crippen LogP contribution < -0.4 is 5.32 Å². The van der Waals surface area contributed by atoms with Gasteiger partial charge in [-0.25, -0.2) is 12.7 Å². The standard InChI is InChI=1S/C14H22N2O3S/c1-16(7-3-2-4-8-17)20(18,19)14-6-5-12-10-15-11-13(12)9-14/h5-6,9,15,17H,2-4,7-8,10-11H2,1H3. The predicted molar refractivity (Wildman–Crippen MR) is 77.7 cm³/mol.